The summed E-state index contributed by atoms with van der Waals surface area (Å²) in [6.45, 7) is -0.843. The molecule has 9 nitrogen and oxygen atoms in total. The van der Waals surface area contributed by atoms with Crippen molar-refractivity contribution in [3.8, 4) is 0 Å². The number of carboxylic acids is 1. The van der Waals surface area contributed by atoms with Crippen LogP contribution in [-0.2, 0) is 4.79 Å². The van der Waals surface area contributed by atoms with Gasteiger partial charge in [0.25, 0.3) is 0 Å². The molecular weight excluding hydrogens is 282 g/mol. The number of rotatable bonds is 5. The van der Waals surface area contributed by atoms with Crippen LogP contribution in [0.15, 0.2) is 0 Å². The van der Waals surface area contributed by atoms with Gasteiger partial charge in [0, 0.05) is 0 Å². The van der Waals surface area contributed by atoms with Crippen molar-refractivity contribution >= 4 is 23.3 Å². The Kier molecular flexibility index (Phi) is 28.1. The molecule has 4 unspecified atom stereocenters. The molecule has 10 N–H and O–H groups in total. The molecule has 0 heterocycles. The third kappa shape index (κ3) is 10.9. The van der Waals surface area contributed by atoms with Crippen molar-refractivity contribution in [1.29, 1.82) is 0 Å². The summed E-state index contributed by atoms with van der Waals surface area (Å²) in [5, 5.41) is 51.8. The van der Waals surface area contributed by atoms with Gasteiger partial charge in [0.15, 0.2) is 6.10 Å². The van der Waals surface area contributed by atoms with Crippen molar-refractivity contribution < 1.29 is 97.8 Å². The molecule has 0 aromatic heterocycles. The van der Waals surface area contributed by atoms with Crippen LogP contribution >= 0.6 is 0 Å². The zero-order valence-electron chi connectivity index (χ0n) is 9.19. The van der Waals surface area contributed by atoms with Gasteiger partial charge in [-0.2, -0.15) is 0 Å². The van der Waals surface area contributed by atoms with Crippen molar-refractivity contribution in [2.75, 3.05) is 6.61 Å². The Morgan fingerprint density at radius 2 is 1.35 bits per heavy atom. The Morgan fingerprint density at radius 3 is 1.59 bits per heavy atom. The number of hydrogen-bond acceptors (Lipinski definition) is 6. The first kappa shape index (κ1) is 31.0. The van der Waals surface area contributed by atoms with E-state index in [-0.39, 0.29) is 79.7 Å². The van der Waals surface area contributed by atoms with Crippen LogP contribution in [0, 0.1) is 0 Å². The van der Waals surface area contributed by atoms with E-state index < -0.39 is 37.0 Å². The molecule has 0 aromatic carbocycles. The fourth-order valence-corrected chi connectivity index (χ4v) is 0.668. The average Bonchev–Trinajstić information content (AvgIpc) is 2.12. The molecule has 0 amide bonds. The Labute approximate surface area is 150 Å². The number of hydrogen-bond donors (Lipinski definition) is 6. The maximum atomic E-state index is 10.1. The van der Waals surface area contributed by atoms with Gasteiger partial charge in [-0.05, 0) is 0 Å². The smallest absolute Gasteiger partial charge is 0.479 e. The summed E-state index contributed by atoms with van der Waals surface area (Å²) in [6, 6.07) is 0. The van der Waals surface area contributed by atoms with E-state index in [4.69, 9.17) is 30.6 Å². The summed E-state index contributed by atoms with van der Waals surface area (Å²) in [5.41, 5.74) is 0. The second-order valence-electron chi connectivity index (χ2n) is 2.51. The molecule has 0 aliphatic heterocycles. The zero-order chi connectivity index (χ0) is 10.6. The van der Waals surface area contributed by atoms with Crippen LogP contribution in [0.2, 0.25) is 0 Å². The quantitative estimate of drug-likeness (QED) is 0.270. The fourth-order valence-electron chi connectivity index (χ4n) is 0.668. The molecule has 0 saturated carbocycles. The SMILES string of the molecule is O.O.O=C(O)C(O)C(O)C(O)C(O)CO.[Al+3].[K+]. The van der Waals surface area contributed by atoms with E-state index in [1.807, 2.05) is 0 Å². The van der Waals surface area contributed by atoms with Gasteiger partial charge < -0.3 is 41.6 Å². The third-order valence-electron chi connectivity index (χ3n) is 1.51. The zero-order valence-corrected chi connectivity index (χ0v) is 13.5. The first-order valence-corrected chi connectivity index (χ1v) is 3.47. The molecule has 17 heavy (non-hydrogen) atoms. The van der Waals surface area contributed by atoms with Crippen molar-refractivity contribution in [2.24, 2.45) is 0 Å². The first-order chi connectivity index (χ1) is 5.91. The fraction of sp³-hybridized carbons (Fsp3) is 0.833. The molecular formula is C6H16AlKO9+4. The minimum absolute atomic E-state index is 0. The van der Waals surface area contributed by atoms with E-state index >= 15 is 0 Å². The Hall–Kier alpha value is 1.36. The Balaban J connectivity index is -0.000000120. The molecule has 0 fully saturated rings. The number of aliphatic carboxylic acids is 1. The van der Waals surface area contributed by atoms with Gasteiger partial charge in [-0.15, -0.1) is 0 Å². The van der Waals surface area contributed by atoms with Gasteiger partial charge in [0.2, 0.25) is 0 Å². The van der Waals surface area contributed by atoms with E-state index in [0.717, 1.165) is 0 Å². The Morgan fingerprint density at radius 1 is 1.00 bits per heavy atom. The van der Waals surface area contributed by atoms with Gasteiger partial charge in [-0.3, -0.25) is 0 Å². The molecule has 94 valence electrons. The molecule has 0 aliphatic rings. The minimum atomic E-state index is -2.20. The van der Waals surface area contributed by atoms with Crippen LogP contribution in [0.25, 0.3) is 0 Å². The van der Waals surface area contributed by atoms with Crippen molar-refractivity contribution in [3.05, 3.63) is 0 Å². The van der Waals surface area contributed by atoms with Crippen LogP contribution in [0.3, 0.4) is 0 Å². The summed E-state index contributed by atoms with van der Waals surface area (Å²) in [5.74, 6) is -1.73. The molecule has 0 bridgehead atoms. The number of aliphatic hydroxyl groups excluding tert-OH is 5. The van der Waals surface area contributed by atoms with Crippen LogP contribution < -0.4 is 51.4 Å². The van der Waals surface area contributed by atoms with Gasteiger partial charge in [-0.1, -0.05) is 0 Å². The van der Waals surface area contributed by atoms with Crippen molar-refractivity contribution in [3.63, 3.8) is 0 Å². The largest absolute Gasteiger partial charge is 3.00 e. The van der Waals surface area contributed by atoms with Crippen LogP contribution in [0.5, 0.6) is 0 Å². The van der Waals surface area contributed by atoms with E-state index in [0.29, 0.717) is 0 Å². The van der Waals surface area contributed by atoms with Crippen LogP contribution in [-0.4, -0.2) is 95.9 Å². The first-order valence-electron chi connectivity index (χ1n) is 3.47. The van der Waals surface area contributed by atoms with Crippen molar-refractivity contribution in [2.45, 2.75) is 24.4 Å². The molecule has 0 saturated heterocycles. The van der Waals surface area contributed by atoms with E-state index in [1.165, 1.54) is 0 Å². The van der Waals surface area contributed by atoms with Crippen LogP contribution in [0.4, 0.5) is 0 Å². The molecule has 11 heteroatoms. The molecule has 0 radical (unpaired) electrons. The molecule has 4 atom stereocenters. The van der Waals surface area contributed by atoms with Crippen molar-refractivity contribution in [1.82, 2.24) is 0 Å². The summed E-state index contributed by atoms with van der Waals surface area (Å²) in [6.07, 6.45) is -7.84. The monoisotopic (exact) mass is 298 g/mol. The molecule has 0 aromatic rings. The van der Waals surface area contributed by atoms with Gasteiger partial charge in [0.05, 0.1) is 6.61 Å². The second kappa shape index (κ2) is 15.4. The molecule has 0 spiro atoms. The van der Waals surface area contributed by atoms with E-state index in [9.17, 15) is 4.79 Å². The van der Waals surface area contributed by atoms with E-state index in [1.54, 1.807) is 0 Å². The van der Waals surface area contributed by atoms with Gasteiger partial charge in [0.1, 0.15) is 18.3 Å². The number of carboxylic acid groups (broad SMARTS) is 1. The van der Waals surface area contributed by atoms with Gasteiger partial charge >= 0.3 is 74.7 Å². The summed E-state index contributed by atoms with van der Waals surface area (Å²) in [4.78, 5) is 10.1. The standard InChI is InChI=1S/C6H12O7.Al.K.2H2O/c7-1-2(8)3(9)4(10)5(11)6(12)13;;;;/h2-5,7-11H,1H2,(H,12,13);;;2*1H2/q;+3;+1;;. The topological polar surface area (TPSA) is 201 Å². The van der Waals surface area contributed by atoms with Gasteiger partial charge in [-0.25, -0.2) is 4.79 Å². The normalized spacial score (nSPS) is 15.6. The summed E-state index contributed by atoms with van der Waals surface area (Å²) < 4.78 is 0. The molecule has 0 aliphatic carbocycles. The minimum Gasteiger partial charge on any atom is -0.479 e. The van der Waals surface area contributed by atoms with Crippen LogP contribution in [0.1, 0.15) is 0 Å². The number of carbonyl (C=O) groups is 1. The Bertz CT molecular complexity index is 183. The average molecular weight is 298 g/mol. The maximum absolute atomic E-state index is 10.1. The maximum Gasteiger partial charge on any atom is 3.00 e. The molecule has 0 rings (SSSR count). The predicted molar refractivity (Wildman–Crippen MR) is 51.7 cm³/mol. The summed E-state index contributed by atoms with van der Waals surface area (Å²) >= 11 is 0. The predicted octanol–water partition coefficient (Wildman–Crippen LogP) is -8.52. The van der Waals surface area contributed by atoms with E-state index in [2.05, 4.69) is 0 Å². The summed E-state index contributed by atoms with van der Waals surface area (Å²) in [7, 11) is 0. The number of aliphatic hydroxyl groups is 5. The second-order valence-corrected chi connectivity index (χ2v) is 2.51. The third-order valence-corrected chi connectivity index (χ3v) is 1.51.